The van der Waals surface area contributed by atoms with Gasteiger partial charge in [0, 0.05) is 18.7 Å². The van der Waals surface area contributed by atoms with E-state index in [4.69, 9.17) is 18.9 Å². The number of fused-ring (bicyclic) bond motifs is 2. The van der Waals surface area contributed by atoms with E-state index in [2.05, 4.69) is 5.32 Å². The second-order valence-corrected chi connectivity index (χ2v) is 5.28. The largest absolute Gasteiger partial charge is 0.486 e. The Kier molecular flexibility index (Phi) is 3.48. The number of nitrogens with one attached hydrogen (secondary N) is 1. The van der Waals surface area contributed by atoms with Crippen LogP contribution in [0.4, 0.5) is 0 Å². The van der Waals surface area contributed by atoms with Crippen molar-refractivity contribution in [2.24, 2.45) is 0 Å². The molecule has 5 nitrogen and oxygen atoms in total. The molecule has 2 aromatic rings. The van der Waals surface area contributed by atoms with Crippen LogP contribution in [0, 0.1) is 0 Å². The SMILES string of the molecule is c1ccc2c(c1)OC[C@@H](CNCc1cccc3c1OCO3)O2. The first-order valence-corrected chi connectivity index (χ1v) is 7.37. The molecule has 5 heteroatoms. The second-order valence-electron chi connectivity index (χ2n) is 5.28. The minimum atomic E-state index is 0.00355. The molecule has 1 N–H and O–H groups in total. The third-order valence-corrected chi connectivity index (χ3v) is 3.73. The third kappa shape index (κ3) is 2.55. The zero-order valence-corrected chi connectivity index (χ0v) is 12.1. The fourth-order valence-electron chi connectivity index (χ4n) is 2.66. The second kappa shape index (κ2) is 5.77. The molecule has 0 radical (unpaired) electrons. The molecule has 0 fully saturated rings. The van der Waals surface area contributed by atoms with Crippen molar-refractivity contribution in [3.63, 3.8) is 0 Å². The Hall–Kier alpha value is -2.40. The van der Waals surface area contributed by atoms with E-state index >= 15 is 0 Å². The summed E-state index contributed by atoms with van der Waals surface area (Å²) >= 11 is 0. The molecule has 0 bridgehead atoms. The van der Waals surface area contributed by atoms with Crippen molar-refractivity contribution in [2.45, 2.75) is 12.6 Å². The highest BCUT2D eigenvalue weighted by Crippen LogP contribution is 2.35. The van der Waals surface area contributed by atoms with Crippen molar-refractivity contribution in [3.05, 3.63) is 48.0 Å². The Morgan fingerprint density at radius 2 is 1.77 bits per heavy atom. The molecule has 2 aromatic carbocycles. The van der Waals surface area contributed by atoms with E-state index in [1.165, 1.54) is 0 Å². The van der Waals surface area contributed by atoms with Gasteiger partial charge in [-0.05, 0) is 18.2 Å². The Bertz CT molecular complexity index is 673. The van der Waals surface area contributed by atoms with Crippen molar-refractivity contribution in [3.8, 4) is 23.0 Å². The molecule has 0 saturated heterocycles. The number of ether oxygens (including phenoxy) is 4. The summed E-state index contributed by atoms with van der Waals surface area (Å²) < 4.78 is 22.5. The lowest BCUT2D eigenvalue weighted by Gasteiger charge is -2.26. The zero-order valence-electron chi connectivity index (χ0n) is 12.1. The molecule has 0 unspecified atom stereocenters. The van der Waals surface area contributed by atoms with E-state index < -0.39 is 0 Å². The quantitative estimate of drug-likeness (QED) is 0.939. The van der Waals surface area contributed by atoms with Gasteiger partial charge >= 0.3 is 0 Å². The molecule has 0 aliphatic carbocycles. The molecule has 22 heavy (non-hydrogen) atoms. The average Bonchev–Trinajstić information content (AvgIpc) is 3.04. The maximum Gasteiger partial charge on any atom is 0.231 e. The first-order chi connectivity index (χ1) is 10.9. The minimum absolute atomic E-state index is 0.00355. The van der Waals surface area contributed by atoms with Gasteiger partial charge in [0.05, 0.1) is 0 Å². The molecule has 0 aromatic heterocycles. The lowest BCUT2D eigenvalue weighted by atomic mass is 10.2. The van der Waals surface area contributed by atoms with E-state index in [0.717, 1.165) is 28.6 Å². The summed E-state index contributed by atoms with van der Waals surface area (Å²) in [5, 5.41) is 3.39. The molecule has 114 valence electrons. The fourth-order valence-corrected chi connectivity index (χ4v) is 2.66. The summed E-state index contributed by atoms with van der Waals surface area (Å²) in [7, 11) is 0. The standard InChI is InChI=1S/C17H17NO4/c1-2-6-15-14(5-1)19-10-13(22-15)9-18-8-12-4-3-7-16-17(12)21-11-20-16/h1-7,13,18H,8-11H2/t13-/m1/s1. The molecule has 0 amide bonds. The molecule has 2 aliphatic rings. The van der Waals surface area contributed by atoms with Gasteiger partial charge in [-0.15, -0.1) is 0 Å². The van der Waals surface area contributed by atoms with Gasteiger partial charge in [0.2, 0.25) is 6.79 Å². The van der Waals surface area contributed by atoms with E-state index in [-0.39, 0.29) is 6.10 Å². The first kappa shape index (κ1) is 13.3. The number of para-hydroxylation sites is 3. The molecular weight excluding hydrogens is 282 g/mol. The number of hydrogen-bond donors (Lipinski definition) is 1. The van der Waals surface area contributed by atoms with Crippen LogP contribution < -0.4 is 24.3 Å². The highest BCUT2D eigenvalue weighted by molar-refractivity contribution is 5.48. The maximum absolute atomic E-state index is 5.92. The van der Waals surface area contributed by atoms with Crippen LogP contribution in [0.1, 0.15) is 5.56 Å². The Morgan fingerprint density at radius 1 is 0.909 bits per heavy atom. The molecule has 0 saturated carbocycles. The normalized spacial score (nSPS) is 18.3. The number of benzene rings is 2. The number of hydrogen-bond acceptors (Lipinski definition) is 5. The Balaban J connectivity index is 1.34. The Morgan fingerprint density at radius 3 is 2.73 bits per heavy atom. The lowest BCUT2D eigenvalue weighted by molar-refractivity contribution is 0.0901. The fraction of sp³-hybridized carbons (Fsp3) is 0.294. The van der Waals surface area contributed by atoms with E-state index in [9.17, 15) is 0 Å². The third-order valence-electron chi connectivity index (χ3n) is 3.73. The van der Waals surface area contributed by atoms with Crippen LogP contribution in [0.5, 0.6) is 23.0 Å². The van der Waals surface area contributed by atoms with E-state index in [0.29, 0.717) is 26.5 Å². The van der Waals surface area contributed by atoms with Gasteiger partial charge in [0.15, 0.2) is 23.0 Å². The summed E-state index contributed by atoms with van der Waals surface area (Å²) in [4.78, 5) is 0. The molecule has 0 spiro atoms. The van der Waals surface area contributed by atoms with Crippen LogP contribution in [0.15, 0.2) is 42.5 Å². The van der Waals surface area contributed by atoms with Gasteiger partial charge in [0.25, 0.3) is 0 Å². The topological polar surface area (TPSA) is 49.0 Å². The van der Waals surface area contributed by atoms with E-state index in [1.54, 1.807) is 0 Å². The van der Waals surface area contributed by atoms with Crippen LogP contribution in [0.2, 0.25) is 0 Å². The molecule has 2 aliphatic heterocycles. The molecule has 2 heterocycles. The van der Waals surface area contributed by atoms with Crippen molar-refractivity contribution >= 4 is 0 Å². The molecular formula is C17H17NO4. The van der Waals surface area contributed by atoms with Gasteiger partial charge in [-0.25, -0.2) is 0 Å². The summed E-state index contributed by atoms with van der Waals surface area (Å²) in [6, 6.07) is 13.7. The van der Waals surface area contributed by atoms with Crippen LogP contribution in [-0.4, -0.2) is 26.0 Å². The number of rotatable bonds is 4. The van der Waals surface area contributed by atoms with Crippen LogP contribution in [0.25, 0.3) is 0 Å². The summed E-state index contributed by atoms with van der Waals surface area (Å²) in [6.07, 6.45) is 0.00355. The minimum Gasteiger partial charge on any atom is -0.486 e. The Labute approximate surface area is 128 Å². The monoisotopic (exact) mass is 299 g/mol. The zero-order chi connectivity index (χ0) is 14.8. The van der Waals surface area contributed by atoms with Crippen molar-refractivity contribution in [1.82, 2.24) is 5.32 Å². The van der Waals surface area contributed by atoms with Gasteiger partial charge in [-0.1, -0.05) is 24.3 Å². The smallest absolute Gasteiger partial charge is 0.231 e. The molecule has 1 atom stereocenters. The van der Waals surface area contributed by atoms with Crippen LogP contribution in [0.3, 0.4) is 0 Å². The van der Waals surface area contributed by atoms with E-state index in [1.807, 2.05) is 42.5 Å². The maximum atomic E-state index is 5.92. The van der Waals surface area contributed by atoms with Crippen molar-refractivity contribution in [2.75, 3.05) is 19.9 Å². The summed E-state index contributed by atoms with van der Waals surface area (Å²) in [6.45, 7) is 2.26. The van der Waals surface area contributed by atoms with Crippen molar-refractivity contribution in [1.29, 1.82) is 0 Å². The van der Waals surface area contributed by atoms with Crippen LogP contribution >= 0.6 is 0 Å². The highest BCUT2D eigenvalue weighted by Gasteiger charge is 2.21. The lowest BCUT2D eigenvalue weighted by Crippen LogP contribution is -2.38. The highest BCUT2D eigenvalue weighted by atomic mass is 16.7. The molecule has 4 rings (SSSR count). The summed E-state index contributed by atoms with van der Waals surface area (Å²) in [5.74, 6) is 3.26. The van der Waals surface area contributed by atoms with Gasteiger partial charge in [-0.3, -0.25) is 0 Å². The van der Waals surface area contributed by atoms with Gasteiger partial charge < -0.3 is 24.3 Å². The predicted octanol–water partition coefficient (Wildman–Crippen LogP) is 2.34. The van der Waals surface area contributed by atoms with Gasteiger partial charge in [-0.2, -0.15) is 0 Å². The van der Waals surface area contributed by atoms with Crippen LogP contribution in [-0.2, 0) is 6.54 Å². The van der Waals surface area contributed by atoms with Gasteiger partial charge in [0.1, 0.15) is 12.7 Å². The summed E-state index contributed by atoms with van der Waals surface area (Å²) in [5.41, 5.74) is 1.09. The van der Waals surface area contributed by atoms with Crippen molar-refractivity contribution < 1.29 is 18.9 Å². The predicted molar refractivity (Wildman–Crippen MR) is 80.6 cm³/mol. The first-order valence-electron chi connectivity index (χ1n) is 7.37. The average molecular weight is 299 g/mol.